The largest absolute Gasteiger partial charge is 0.330 e. The number of carbonyl (C=O) groups is 1. The highest BCUT2D eigenvalue weighted by Gasteiger charge is 2.04. The van der Waals surface area contributed by atoms with Crippen LogP contribution in [0.3, 0.4) is 0 Å². The van der Waals surface area contributed by atoms with Crippen molar-refractivity contribution in [3.05, 3.63) is 65.7 Å². The van der Waals surface area contributed by atoms with Crippen LogP contribution in [-0.4, -0.2) is 12.5 Å². The second-order valence-electron chi connectivity index (χ2n) is 4.06. The Kier molecular flexibility index (Phi) is 4.10. The van der Waals surface area contributed by atoms with Gasteiger partial charge in [-0.2, -0.15) is 0 Å². The summed E-state index contributed by atoms with van der Waals surface area (Å²) in [5.41, 5.74) is 8.11. The van der Waals surface area contributed by atoms with Gasteiger partial charge in [-0.15, -0.1) is 0 Å². The maximum atomic E-state index is 11.9. The average Bonchev–Trinajstić information content (AvgIpc) is 2.42. The van der Waals surface area contributed by atoms with Crippen molar-refractivity contribution in [1.29, 1.82) is 0 Å². The van der Waals surface area contributed by atoms with Gasteiger partial charge in [-0.05, 0) is 42.8 Å². The molecule has 2 aromatic rings. The van der Waals surface area contributed by atoms with Crippen molar-refractivity contribution < 1.29 is 4.79 Å². The molecule has 2 aromatic carbocycles. The zero-order valence-corrected chi connectivity index (χ0v) is 10.1. The Balaban J connectivity index is 2.03. The molecule has 3 nitrogen and oxygen atoms in total. The highest BCUT2D eigenvalue weighted by atomic mass is 16.1. The topological polar surface area (TPSA) is 55.1 Å². The third-order valence-electron chi connectivity index (χ3n) is 2.68. The second kappa shape index (κ2) is 5.98. The number of amides is 1. The van der Waals surface area contributed by atoms with Crippen LogP contribution in [0.4, 0.5) is 5.69 Å². The van der Waals surface area contributed by atoms with Crippen molar-refractivity contribution in [3.63, 3.8) is 0 Å². The van der Waals surface area contributed by atoms with Gasteiger partial charge in [-0.3, -0.25) is 4.79 Å². The predicted molar refractivity (Wildman–Crippen MR) is 73.6 cm³/mol. The Bertz CT molecular complexity index is 506. The molecule has 0 aliphatic rings. The molecule has 0 aliphatic carbocycles. The predicted octanol–water partition coefficient (Wildman–Crippen LogP) is 2.44. The molecule has 2 rings (SSSR count). The van der Waals surface area contributed by atoms with Crippen LogP contribution in [0, 0.1) is 0 Å². The SMILES string of the molecule is NCCc1ccc(NC(=O)c2ccccc2)cc1. The van der Waals surface area contributed by atoms with Crippen LogP contribution in [0.15, 0.2) is 54.6 Å². The molecule has 0 radical (unpaired) electrons. The number of hydrogen-bond donors (Lipinski definition) is 2. The second-order valence-corrected chi connectivity index (χ2v) is 4.06. The minimum Gasteiger partial charge on any atom is -0.330 e. The maximum absolute atomic E-state index is 11.9. The molecule has 0 atom stereocenters. The van der Waals surface area contributed by atoms with E-state index in [1.807, 2.05) is 42.5 Å². The molecule has 0 spiro atoms. The highest BCUT2D eigenvalue weighted by Crippen LogP contribution is 2.11. The lowest BCUT2D eigenvalue weighted by Gasteiger charge is -2.06. The van der Waals surface area contributed by atoms with E-state index in [1.165, 1.54) is 5.56 Å². The molecule has 3 N–H and O–H groups in total. The molecule has 1 amide bonds. The lowest BCUT2D eigenvalue weighted by molar-refractivity contribution is 0.102. The molecule has 0 fully saturated rings. The number of nitrogens with two attached hydrogens (primary N) is 1. The van der Waals surface area contributed by atoms with Gasteiger partial charge in [-0.1, -0.05) is 30.3 Å². The number of anilines is 1. The molecule has 0 bridgehead atoms. The van der Waals surface area contributed by atoms with E-state index in [9.17, 15) is 4.79 Å². The lowest BCUT2D eigenvalue weighted by atomic mass is 10.1. The van der Waals surface area contributed by atoms with Gasteiger partial charge in [0.2, 0.25) is 0 Å². The van der Waals surface area contributed by atoms with E-state index in [0.29, 0.717) is 12.1 Å². The summed E-state index contributed by atoms with van der Waals surface area (Å²) in [6.07, 6.45) is 0.854. The summed E-state index contributed by atoms with van der Waals surface area (Å²) >= 11 is 0. The van der Waals surface area contributed by atoms with Crippen molar-refractivity contribution in [2.45, 2.75) is 6.42 Å². The smallest absolute Gasteiger partial charge is 0.255 e. The molecule has 18 heavy (non-hydrogen) atoms. The Labute approximate surface area is 107 Å². The molecule has 0 saturated carbocycles. The molecule has 0 aromatic heterocycles. The van der Waals surface area contributed by atoms with Crippen LogP contribution < -0.4 is 11.1 Å². The molecule has 3 heteroatoms. The normalized spacial score (nSPS) is 10.1. The minimum absolute atomic E-state index is 0.0952. The number of benzene rings is 2. The first-order valence-electron chi connectivity index (χ1n) is 5.95. The van der Waals surface area contributed by atoms with Crippen LogP contribution in [0.2, 0.25) is 0 Å². The maximum Gasteiger partial charge on any atom is 0.255 e. The average molecular weight is 240 g/mol. The fourth-order valence-electron chi connectivity index (χ4n) is 1.71. The Hall–Kier alpha value is -2.13. The van der Waals surface area contributed by atoms with E-state index >= 15 is 0 Å². The standard InChI is InChI=1S/C15H16N2O/c16-11-10-12-6-8-14(9-7-12)17-15(18)13-4-2-1-3-5-13/h1-9H,10-11,16H2,(H,17,18). The first-order valence-corrected chi connectivity index (χ1v) is 5.95. The molecule has 0 unspecified atom stereocenters. The highest BCUT2D eigenvalue weighted by molar-refractivity contribution is 6.04. The zero-order chi connectivity index (χ0) is 12.8. The Morgan fingerprint density at radius 2 is 1.67 bits per heavy atom. The molecule has 0 heterocycles. The quantitative estimate of drug-likeness (QED) is 0.862. The van der Waals surface area contributed by atoms with Crippen LogP contribution >= 0.6 is 0 Å². The van der Waals surface area contributed by atoms with Crippen LogP contribution in [0.5, 0.6) is 0 Å². The van der Waals surface area contributed by atoms with Crippen molar-refractivity contribution in [2.24, 2.45) is 5.73 Å². The van der Waals surface area contributed by atoms with Gasteiger partial charge in [0.25, 0.3) is 5.91 Å². The first-order chi connectivity index (χ1) is 8.79. The van der Waals surface area contributed by atoms with Crippen LogP contribution in [0.25, 0.3) is 0 Å². The van der Waals surface area contributed by atoms with Crippen molar-refractivity contribution in [2.75, 3.05) is 11.9 Å². The summed E-state index contributed by atoms with van der Waals surface area (Å²) in [6.45, 7) is 0.635. The number of hydrogen-bond acceptors (Lipinski definition) is 2. The van der Waals surface area contributed by atoms with Crippen molar-refractivity contribution in [1.82, 2.24) is 0 Å². The van der Waals surface area contributed by atoms with Crippen molar-refractivity contribution >= 4 is 11.6 Å². The van der Waals surface area contributed by atoms with E-state index in [4.69, 9.17) is 5.73 Å². The Morgan fingerprint density at radius 3 is 2.28 bits per heavy atom. The summed E-state index contributed by atoms with van der Waals surface area (Å²) in [7, 11) is 0. The first kappa shape index (κ1) is 12.3. The summed E-state index contributed by atoms with van der Waals surface area (Å²) in [5, 5.41) is 2.86. The molecular weight excluding hydrogens is 224 g/mol. The minimum atomic E-state index is -0.0952. The fraction of sp³-hybridized carbons (Fsp3) is 0.133. The lowest BCUT2D eigenvalue weighted by Crippen LogP contribution is -2.11. The van der Waals surface area contributed by atoms with Crippen molar-refractivity contribution in [3.8, 4) is 0 Å². The van der Waals surface area contributed by atoms with Gasteiger partial charge in [-0.25, -0.2) is 0 Å². The van der Waals surface area contributed by atoms with Crippen LogP contribution in [0.1, 0.15) is 15.9 Å². The van der Waals surface area contributed by atoms with E-state index in [0.717, 1.165) is 12.1 Å². The Morgan fingerprint density at radius 1 is 1.00 bits per heavy atom. The van der Waals surface area contributed by atoms with Gasteiger partial charge in [0.05, 0.1) is 0 Å². The molecule has 0 aliphatic heterocycles. The summed E-state index contributed by atoms with van der Waals surface area (Å²) in [4.78, 5) is 11.9. The van der Waals surface area contributed by atoms with E-state index in [-0.39, 0.29) is 5.91 Å². The number of carbonyl (C=O) groups excluding carboxylic acids is 1. The number of rotatable bonds is 4. The van der Waals surface area contributed by atoms with Gasteiger partial charge in [0, 0.05) is 11.3 Å². The monoisotopic (exact) mass is 240 g/mol. The van der Waals surface area contributed by atoms with Gasteiger partial charge in [0.15, 0.2) is 0 Å². The molecule has 92 valence electrons. The number of nitrogens with one attached hydrogen (secondary N) is 1. The summed E-state index contributed by atoms with van der Waals surface area (Å²) in [5.74, 6) is -0.0952. The fourth-order valence-corrected chi connectivity index (χ4v) is 1.71. The van der Waals surface area contributed by atoms with Gasteiger partial charge in [0.1, 0.15) is 0 Å². The summed E-state index contributed by atoms with van der Waals surface area (Å²) in [6, 6.07) is 16.9. The van der Waals surface area contributed by atoms with Gasteiger partial charge < -0.3 is 11.1 Å². The third kappa shape index (κ3) is 3.18. The van der Waals surface area contributed by atoms with E-state index in [2.05, 4.69) is 5.32 Å². The third-order valence-corrected chi connectivity index (χ3v) is 2.68. The van der Waals surface area contributed by atoms with Gasteiger partial charge >= 0.3 is 0 Å². The van der Waals surface area contributed by atoms with E-state index < -0.39 is 0 Å². The van der Waals surface area contributed by atoms with E-state index in [1.54, 1.807) is 12.1 Å². The summed E-state index contributed by atoms with van der Waals surface area (Å²) < 4.78 is 0. The van der Waals surface area contributed by atoms with Crippen LogP contribution in [-0.2, 0) is 6.42 Å². The molecule has 0 saturated heterocycles. The zero-order valence-electron chi connectivity index (χ0n) is 10.1. The molecular formula is C15H16N2O.